The summed E-state index contributed by atoms with van der Waals surface area (Å²) in [7, 11) is -1.05. The maximum Gasteiger partial charge on any atom is 0.454 e. The van der Waals surface area contributed by atoms with Crippen LogP contribution in [0.4, 0.5) is 0 Å². The fourth-order valence-electron chi connectivity index (χ4n) is 2.35. The van der Waals surface area contributed by atoms with Crippen LogP contribution in [-0.4, -0.2) is 17.2 Å². The van der Waals surface area contributed by atoms with Gasteiger partial charge >= 0.3 is 7.12 Å². The van der Waals surface area contributed by atoms with Gasteiger partial charge in [0.05, 0.1) is 0 Å². The van der Waals surface area contributed by atoms with Gasteiger partial charge in [-0.2, -0.15) is 0 Å². The van der Waals surface area contributed by atoms with E-state index >= 15 is 0 Å². The molecule has 0 amide bonds. The molecule has 2 aliphatic rings. The smallest absolute Gasteiger partial charge is 0.427 e. The zero-order valence-corrected chi connectivity index (χ0v) is 6.08. The molecule has 2 nitrogen and oxygen atoms in total. The van der Waals surface area contributed by atoms with E-state index < -0.39 is 7.12 Å². The summed E-state index contributed by atoms with van der Waals surface area (Å²) in [4.78, 5) is 0. The van der Waals surface area contributed by atoms with Gasteiger partial charge in [0, 0.05) is 0 Å². The van der Waals surface area contributed by atoms with E-state index in [1.165, 1.54) is 19.3 Å². The molecule has 0 saturated heterocycles. The largest absolute Gasteiger partial charge is 0.454 e. The first-order chi connectivity index (χ1) is 4.72. The topological polar surface area (TPSA) is 40.5 Å². The Bertz CT molecular complexity index is 135. The minimum atomic E-state index is -1.05. The van der Waals surface area contributed by atoms with E-state index in [0.717, 1.165) is 12.8 Å². The first-order valence-corrected chi connectivity index (χ1v) is 4.08. The van der Waals surface area contributed by atoms with Crippen molar-refractivity contribution in [3.63, 3.8) is 0 Å². The molecule has 10 heavy (non-hydrogen) atoms. The molecule has 2 fully saturated rings. The molecule has 0 aromatic rings. The summed E-state index contributed by atoms with van der Waals surface area (Å²) in [5.41, 5.74) is 0.578. The second-order valence-electron chi connectivity index (χ2n) is 3.94. The van der Waals surface area contributed by atoms with Crippen molar-refractivity contribution < 1.29 is 10.0 Å². The molecule has 2 aliphatic carbocycles. The van der Waals surface area contributed by atoms with E-state index in [1.807, 2.05) is 0 Å². The molecule has 1 spiro atoms. The number of hydrogen-bond donors (Lipinski definition) is 2. The summed E-state index contributed by atoms with van der Waals surface area (Å²) in [6.45, 7) is 0. The summed E-state index contributed by atoms with van der Waals surface area (Å²) in [6, 6.07) is 0. The van der Waals surface area contributed by atoms with Crippen LogP contribution in [0.3, 0.4) is 0 Å². The van der Waals surface area contributed by atoms with Crippen LogP contribution in [-0.2, 0) is 0 Å². The Labute approximate surface area is 61.4 Å². The zero-order valence-electron chi connectivity index (χ0n) is 6.08. The van der Waals surface area contributed by atoms with Crippen LogP contribution in [0.5, 0.6) is 0 Å². The fraction of sp³-hybridized carbons (Fsp3) is 1.00. The van der Waals surface area contributed by atoms with Crippen molar-refractivity contribution in [1.29, 1.82) is 0 Å². The lowest BCUT2D eigenvalue weighted by Gasteiger charge is -2.54. The van der Waals surface area contributed by atoms with Gasteiger partial charge in [0.25, 0.3) is 0 Å². The Balaban J connectivity index is 1.82. The first-order valence-electron chi connectivity index (χ1n) is 4.08. The van der Waals surface area contributed by atoms with Crippen LogP contribution in [0.15, 0.2) is 0 Å². The van der Waals surface area contributed by atoms with Gasteiger partial charge in [-0.3, -0.25) is 0 Å². The van der Waals surface area contributed by atoms with Gasteiger partial charge in [-0.25, -0.2) is 0 Å². The van der Waals surface area contributed by atoms with Crippen molar-refractivity contribution in [2.24, 2.45) is 5.41 Å². The first kappa shape index (κ1) is 6.68. The molecule has 0 aliphatic heterocycles. The molecule has 2 rings (SSSR count). The summed E-state index contributed by atoms with van der Waals surface area (Å²) in [5, 5.41) is 17.6. The quantitative estimate of drug-likeness (QED) is 0.528. The standard InChI is InChI=1S/C7H13BO2/c9-8(10)6-4-7(5-6)2-1-3-7/h6,9-10H,1-5H2. The van der Waals surface area contributed by atoms with E-state index in [2.05, 4.69) is 0 Å². The molecule has 2 saturated carbocycles. The third-order valence-corrected chi connectivity index (χ3v) is 3.23. The fourth-order valence-corrected chi connectivity index (χ4v) is 2.35. The lowest BCUT2D eigenvalue weighted by atomic mass is 9.43. The SMILES string of the molecule is OB(O)C1CC2(CCC2)C1. The van der Waals surface area contributed by atoms with Crippen molar-refractivity contribution in [3.8, 4) is 0 Å². The van der Waals surface area contributed by atoms with Crippen LogP contribution in [0, 0.1) is 5.41 Å². The highest BCUT2D eigenvalue weighted by Gasteiger charge is 2.51. The molecule has 0 heterocycles. The molecule has 0 aromatic carbocycles. The van der Waals surface area contributed by atoms with E-state index in [0.29, 0.717) is 5.41 Å². The Hall–Kier alpha value is -0.0151. The zero-order chi connectivity index (χ0) is 7.19. The Morgan fingerprint density at radius 1 is 1.20 bits per heavy atom. The molecular formula is C7H13BO2. The predicted octanol–water partition coefficient (Wildman–Crippen LogP) is 0.793. The number of hydrogen-bond acceptors (Lipinski definition) is 2. The molecular weight excluding hydrogens is 127 g/mol. The highest BCUT2D eigenvalue weighted by atomic mass is 16.4. The summed E-state index contributed by atoms with van der Waals surface area (Å²) < 4.78 is 0. The maximum atomic E-state index is 8.78. The van der Waals surface area contributed by atoms with Crippen molar-refractivity contribution in [2.75, 3.05) is 0 Å². The van der Waals surface area contributed by atoms with Crippen molar-refractivity contribution in [1.82, 2.24) is 0 Å². The van der Waals surface area contributed by atoms with Crippen molar-refractivity contribution in [3.05, 3.63) is 0 Å². The van der Waals surface area contributed by atoms with Crippen LogP contribution in [0.2, 0.25) is 5.82 Å². The molecule has 3 heteroatoms. The molecule has 56 valence electrons. The Kier molecular flexibility index (Phi) is 1.33. The van der Waals surface area contributed by atoms with Gasteiger partial charge in [-0.1, -0.05) is 6.42 Å². The lowest BCUT2D eigenvalue weighted by molar-refractivity contribution is 0.0212. The maximum absolute atomic E-state index is 8.78. The highest BCUT2D eigenvalue weighted by Crippen LogP contribution is 2.61. The molecule has 0 radical (unpaired) electrons. The van der Waals surface area contributed by atoms with Gasteiger partial charge in [0.1, 0.15) is 0 Å². The second-order valence-corrected chi connectivity index (χ2v) is 3.94. The Morgan fingerprint density at radius 2 is 1.80 bits per heavy atom. The summed E-state index contributed by atoms with van der Waals surface area (Å²) in [6.07, 6.45) is 6.13. The van der Waals surface area contributed by atoms with Crippen molar-refractivity contribution >= 4 is 7.12 Å². The van der Waals surface area contributed by atoms with E-state index in [9.17, 15) is 0 Å². The minimum absolute atomic E-state index is 0.195. The Morgan fingerprint density at radius 3 is 2.10 bits per heavy atom. The molecule has 0 unspecified atom stereocenters. The molecule has 0 aromatic heterocycles. The second kappa shape index (κ2) is 1.99. The predicted molar refractivity (Wildman–Crippen MR) is 39.5 cm³/mol. The average Bonchev–Trinajstić information content (AvgIpc) is 1.54. The average molecular weight is 140 g/mol. The van der Waals surface area contributed by atoms with E-state index in [4.69, 9.17) is 10.0 Å². The normalized spacial score (nSPS) is 29.4. The third-order valence-electron chi connectivity index (χ3n) is 3.23. The number of rotatable bonds is 1. The van der Waals surface area contributed by atoms with Crippen LogP contribution < -0.4 is 0 Å². The van der Waals surface area contributed by atoms with Crippen molar-refractivity contribution in [2.45, 2.75) is 37.9 Å². The molecule has 0 atom stereocenters. The molecule has 2 N–H and O–H groups in total. The summed E-state index contributed by atoms with van der Waals surface area (Å²) >= 11 is 0. The summed E-state index contributed by atoms with van der Waals surface area (Å²) in [5.74, 6) is 0.195. The third kappa shape index (κ3) is 0.806. The lowest BCUT2D eigenvalue weighted by Crippen LogP contribution is -2.45. The van der Waals surface area contributed by atoms with E-state index in [-0.39, 0.29) is 5.82 Å². The highest BCUT2D eigenvalue weighted by molar-refractivity contribution is 6.43. The van der Waals surface area contributed by atoms with E-state index in [1.54, 1.807) is 0 Å². The van der Waals surface area contributed by atoms with Gasteiger partial charge in [-0.15, -0.1) is 0 Å². The van der Waals surface area contributed by atoms with Crippen LogP contribution in [0.1, 0.15) is 32.1 Å². The monoisotopic (exact) mass is 140 g/mol. The van der Waals surface area contributed by atoms with Gasteiger partial charge in [0.15, 0.2) is 0 Å². The molecule has 0 bridgehead atoms. The minimum Gasteiger partial charge on any atom is -0.427 e. The van der Waals surface area contributed by atoms with Gasteiger partial charge in [-0.05, 0) is 36.9 Å². The van der Waals surface area contributed by atoms with Gasteiger partial charge < -0.3 is 10.0 Å². The van der Waals surface area contributed by atoms with Gasteiger partial charge in [0.2, 0.25) is 0 Å². The van der Waals surface area contributed by atoms with Crippen LogP contribution in [0.25, 0.3) is 0 Å². The van der Waals surface area contributed by atoms with Crippen LogP contribution >= 0.6 is 0 Å².